The zero-order valence-corrected chi connectivity index (χ0v) is 19.8. The molecule has 0 aromatic heterocycles. The molecule has 6 nitrogen and oxygen atoms in total. The Hall–Kier alpha value is -4.53. The Morgan fingerprint density at radius 3 is 2.35 bits per heavy atom. The number of ether oxygens (including phenoxy) is 2. The molecule has 1 aliphatic rings. The predicted molar refractivity (Wildman–Crippen MR) is 131 cm³/mol. The first kappa shape index (κ1) is 25.6. The Morgan fingerprint density at radius 2 is 1.70 bits per heavy atom. The average Bonchev–Trinajstić information content (AvgIpc) is 3.17. The van der Waals surface area contributed by atoms with Crippen molar-refractivity contribution < 1.29 is 37.3 Å². The van der Waals surface area contributed by atoms with E-state index in [-0.39, 0.29) is 22.6 Å². The molecule has 9 heteroatoms. The maximum Gasteiger partial charge on any atom is 0.416 e. The molecule has 0 saturated heterocycles. The van der Waals surface area contributed by atoms with Crippen molar-refractivity contribution in [3.05, 3.63) is 107 Å². The van der Waals surface area contributed by atoms with E-state index in [1.807, 2.05) is 6.07 Å². The van der Waals surface area contributed by atoms with Gasteiger partial charge in [-0.05, 0) is 42.0 Å². The quantitative estimate of drug-likeness (QED) is 0.401. The first-order chi connectivity index (χ1) is 17.7. The minimum Gasteiger partial charge on any atom is -0.503 e. The van der Waals surface area contributed by atoms with Crippen LogP contribution in [-0.4, -0.2) is 31.0 Å². The Balaban J connectivity index is 1.87. The molecule has 3 aromatic carbocycles. The zero-order valence-electron chi connectivity index (χ0n) is 19.8. The molecule has 1 atom stereocenters. The Bertz CT molecular complexity index is 1400. The van der Waals surface area contributed by atoms with Gasteiger partial charge in [0.25, 0.3) is 5.91 Å². The van der Waals surface area contributed by atoms with Crippen LogP contribution in [-0.2, 0) is 15.8 Å². The van der Waals surface area contributed by atoms with Crippen LogP contribution in [0.1, 0.15) is 22.7 Å². The van der Waals surface area contributed by atoms with Gasteiger partial charge in [0.2, 0.25) is 0 Å². The van der Waals surface area contributed by atoms with E-state index in [1.54, 1.807) is 30.3 Å². The summed E-state index contributed by atoms with van der Waals surface area (Å²) in [4.78, 5) is 27.6. The summed E-state index contributed by atoms with van der Waals surface area (Å²) >= 11 is 0. The number of amides is 1. The molecule has 0 bridgehead atoms. The number of alkyl halides is 3. The first-order valence-electron chi connectivity index (χ1n) is 11.1. The SMILES string of the molecule is COc1ccc([C@H]2C(C(=O)/C=C/c3ccccc3)=C(O)C(=O)N2c2cccc(C(F)(F)F)c2)c(OC)c1. The van der Waals surface area contributed by atoms with Gasteiger partial charge in [-0.3, -0.25) is 14.5 Å². The van der Waals surface area contributed by atoms with E-state index in [4.69, 9.17) is 9.47 Å². The molecule has 0 radical (unpaired) electrons. The number of aliphatic hydroxyl groups excluding tert-OH is 1. The third-order valence-corrected chi connectivity index (χ3v) is 5.89. The van der Waals surface area contributed by atoms with Crippen molar-refractivity contribution in [3.63, 3.8) is 0 Å². The second kappa shape index (κ2) is 10.2. The summed E-state index contributed by atoms with van der Waals surface area (Å²) in [5, 5.41) is 10.8. The number of benzene rings is 3. The molecule has 37 heavy (non-hydrogen) atoms. The normalized spacial score (nSPS) is 16.0. The molecule has 0 spiro atoms. The fraction of sp³-hybridized carbons (Fsp3) is 0.143. The number of ketones is 1. The summed E-state index contributed by atoms with van der Waals surface area (Å²) in [6.07, 6.45) is -1.95. The van der Waals surface area contributed by atoms with Crippen LogP contribution >= 0.6 is 0 Å². The molecule has 1 amide bonds. The molecule has 0 aliphatic carbocycles. The molecule has 190 valence electrons. The molecule has 0 fully saturated rings. The highest BCUT2D eigenvalue weighted by Crippen LogP contribution is 2.45. The summed E-state index contributed by atoms with van der Waals surface area (Å²) in [6.45, 7) is 0. The van der Waals surface area contributed by atoms with Crippen molar-refractivity contribution in [2.24, 2.45) is 0 Å². The molecule has 0 saturated carbocycles. The molecular formula is C28H22F3NO5. The van der Waals surface area contributed by atoms with Crippen LogP contribution in [0.5, 0.6) is 11.5 Å². The van der Waals surface area contributed by atoms with Gasteiger partial charge in [-0.15, -0.1) is 0 Å². The van der Waals surface area contributed by atoms with E-state index in [0.717, 1.165) is 23.1 Å². The van der Waals surface area contributed by atoms with Crippen molar-refractivity contribution in [1.82, 2.24) is 0 Å². The summed E-state index contributed by atoms with van der Waals surface area (Å²) in [5.41, 5.74) is -0.452. The van der Waals surface area contributed by atoms with Gasteiger partial charge in [-0.2, -0.15) is 13.2 Å². The number of halogens is 3. The molecule has 1 aliphatic heterocycles. The van der Waals surface area contributed by atoms with Gasteiger partial charge in [0.1, 0.15) is 11.5 Å². The number of allylic oxidation sites excluding steroid dienone is 1. The standard InChI is InChI=1S/C28H22F3NO5/c1-36-20-12-13-21(23(16-20)37-2)25-24(22(33)14-11-17-7-4-3-5-8-17)26(34)27(35)32(25)19-10-6-9-18(15-19)28(29,30)31/h3-16,25,34H,1-2H3/b14-11+/t25-/m0/s1. The van der Waals surface area contributed by atoms with E-state index in [0.29, 0.717) is 11.3 Å². The molecule has 0 unspecified atom stereocenters. The van der Waals surface area contributed by atoms with E-state index in [2.05, 4.69) is 0 Å². The number of methoxy groups -OCH3 is 2. The predicted octanol–water partition coefficient (Wildman–Crippen LogP) is 5.91. The van der Waals surface area contributed by atoms with Crippen molar-refractivity contribution in [3.8, 4) is 11.5 Å². The van der Waals surface area contributed by atoms with Gasteiger partial charge < -0.3 is 14.6 Å². The lowest BCUT2D eigenvalue weighted by molar-refractivity contribution is -0.137. The van der Waals surface area contributed by atoms with E-state index < -0.39 is 35.2 Å². The second-order valence-corrected chi connectivity index (χ2v) is 8.10. The highest BCUT2D eigenvalue weighted by molar-refractivity contribution is 6.20. The van der Waals surface area contributed by atoms with E-state index in [1.165, 1.54) is 44.6 Å². The number of anilines is 1. The third kappa shape index (κ3) is 5.06. The van der Waals surface area contributed by atoms with Crippen LogP contribution in [0.2, 0.25) is 0 Å². The number of hydrogen-bond acceptors (Lipinski definition) is 5. The smallest absolute Gasteiger partial charge is 0.416 e. The van der Waals surface area contributed by atoms with E-state index in [9.17, 15) is 27.9 Å². The molecule has 1 N–H and O–H groups in total. The third-order valence-electron chi connectivity index (χ3n) is 5.89. The highest BCUT2D eigenvalue weighted by Gasteiger charge is 2.45. The van der Waals surface area contributed by atoms with Gasteiger partial charge in [0, 0.05) is 17.3 Å². The maximum absolute atomic E-state index is 13.5. The monoisotopic (exact) mass is 509 g/mol. The van der Waals surface area contributed by atoms with Crippen LogP contribution in [0, 0.1) is 0 Å². The lowest BCUT2D eigenvalue weighted by Crippen LogP contribution is -2.31. The van der Waals surface area contributed by atoms with Gasteiger partial charge in [-0.1, -0.05) is 42.5 Å². The lowest BCUT2D eigenvalue weighted by Gasteiger charge is -2.28. The Labute approximate surface area is 210 Å². The molecular weight excluding hydrogens is 487 g/mol. The first-order valence-corrected chi connectivity index (χ1v) is 11.1. The highest BCUT2D eigenvalue weighted by atomic mass is 19.4. The largest absolute Gasteiger partial charge is 0.503 e. The van der Waals surface area contributed by atoms with Gasteiger partial charge in [0.15, 0.2) is 11.5 Å². The number of carbonyl (C=O) groups is 2. The number of rotatable bonds is 7. The molecule has 4 rings (SSSR count). The van der Waals surface area contributed by atoms with Crippen LogP contribution < -0.4 is 14.4 Å². The Kier molecular flexibility index (Phi) is 7.06. The fourth-order valence-electron chi connectivity index (χ4n) is 4.12. The van der Waals surface area contributed by atoms with E-state index >= 15 is 0 Å². The summed E-state index contributed by atoms with van der Waals surface area (Å²) in [7, 11) is 2.81. The van der Waals surface area contributed by atoms with Crippen LogP contribution in [0.25, 0.3) is 6.08 Å². The van der Waals surface area contributed by atoms with Crippen molar-refractivity contribution in [1.29, 1.82) is 0 Å². The average molecular weight is 509 g/mol. The van der Waals surface area contributed by atoms with Gasteiger partial charge in [0.05, 0.1) is 31.4 Å². The number of aliphatic hydroxyl groups is 1. The second-order valence-electron chi connectivity index (χ2n) is 8.10. The topological polar surface area (TPSA) is 76.1 Å². The minimum atomic E-state index is -4.67. The Morgan fingerprint density at radius 1 is 0.973 bits per heavy atom. The summed E-state index contributed by atoms with van der Waals surface area (Å²) in [6, 6.07) is 16.3. The molecule has 1 heterocycles. The number of nitrogens with zero attached hydrogens (tertiary/aromatic N) is 1. The number of hydrogen-bond donors (Lipinski definition) is 1. The fourth-order valence-corrected chi connectivity index (χ4v) is 4.12. The van der Waals surface area contributed by atoms with Crippen molar-refractivity contribution in [2.45, 2.75) is 12.2 Å². The van der Waals surface area contributed by atoms with Gasteiger partial charge >= 0.3 is 6.18 Å². The van der Waals surface area contributed by atoms with Crippen LogP contribution in [0.4, 0.5) is 18.9 Å². The summed E-state index contributed by atoms with van der Waals surface area (Å²) in [5.74, 6) is -1.93. The zero-order chi connectivity index (χ0) is 26.7. The van der Waals surface area contributed by atoms with Crippen molar-refractivity contribution >= 4 is 23.5 Å². The maximum atomic E-state index is 13.5. The lowest BCUT2D eigenvalue weighted by atomic mass is 9.94. The molecule has 3 aromatic rings. The van der Waals surface area contributed by atoms with Crippen LogP contribution in [0.15, 0.2) is 90.2 Å². The summed E-state index contributed by atoms with van der Waals surface area (Å²) < 4.78 is 51.0. The van der Waals surface area contributed by atoms with Crippen LogP contribution in [0.3, 0.4) is 0 Å². The number of carbonyl (C=O) groups excluding carboxylic acids is 2. The van der Waals surface area contributed by atoms with Gasteiger partial charge in [-0.25, -0.2) is 0 Å². The van der Waals surface area contributed by atoms with Crippen molar-refractivity contribution in [2.75, 3.05) is 19.1 Å². The minimum absolute atomic E-state index is 0.149.